The van der Waals surface area contributed by atoms with Crippen LogP contribution >= 0.6 is 0 Å². The van der Waals surface area contributed by atoms with Gasteiger partial charge in [-0.1, -0.05) is 31.2 Å². The van der Waals surface area contributed by atoms with Gasteiger partial charge in [0.15, 0.2) is 0 Å². The number of aryl methyl sites for hydroxylation is 1. The summed E-state index contributed by atoms with van der Waals surface area (Å²) < 4.78 is 5.57. The van der Waals surface area contributed by atoms with Crippen molar-refractivity contribution in [1.29, 1.82) is 0 Å². The number of benzene rings is 1. The Kier molecular flexibility index (Phi) is 6.94. The third kappa shape index (κ3) is 5.17. The van der Waals surface area contributed by atoms with E-state index in [0.717, 1.165) is 26.1 Å². The Hall–Kier alpha value is -0.900. The van der Waals surface area contributed by atoms with E-state index < -0.39 is 0 Å². The molecule has 0 fully saturated rings. The fourth-order valence-electron chi connectivity index (χ4n) is 2.04. The highest BCUT2D eigenvalue weighted by molar-refractivity contribution is 5.22. The first-order chi connectivity index (χ1) is 8.69. The Bertz CT molecular complexity index is 324. The van der Waals surface area contributed by atoms with E-state index in [1.54, 1.807) is 0 Å². The Balaban J connectivity index is 2.44. The van der Waals surface area contributed by atoms with Crippen molar-refractivity contribution in [2.75, 3.05) is 26.7 Å². The Morgan fingerprint density at radius 3 is 2.28 bits per heavy atom. The van der Waals surface area contributed by atoms with Gasteiger partial charge in [0, 0.05) is 26.2 Å². The number of ether oxygens (including phenoxy) is 1. The standard InChI is InChI=1S/C15H26N2O/c1-4-13-6-8-14(9-7-13)11-17(3)12-15(10-16)18-5-2/h6-9,15H,4-5,10-12,16H2,1-3H3. The second-order valence-electron chi connectivity index (χ2n) is 4.68. The zero-order valence-electron chi connectivity index (χ0n) is 11.9. The van der Waals surface area contributed by atoms with Crippen LogP contribution in [0.5, 0.6) is 0 Å². The maximum Gasteiger partial charge on any atom is 0.0823 e. The van der Waals surface area contributed by atoms with E-state index in [4.69, 9.17) is 10.5 Å². The van der Waals surface area contributed by atoms with Crippen molar-refractivity contribution in [3.05, 3.63) is 35.4 Å². The molecule has 0 aliphatic carbocycles. The summed E-state index contributed by atoms with van der Waals surface area (Å²) in [5.74, 6) is 0. The largest absolute Gasteiger partial charge is 0.376 e. The van der Waals surface area contributed by atoms with Crippen molar-refractivity contribution in [3.63, 3.8) is 0 Å². The number of hydrogen-bond acceptors (Lipinski definition) is 3. The number of hydrogen-bond donors (Lipinski definition) is 1. The van der Waals surface area contributed by atoms with Gasteiger partial charge in [-0.3, -0.25) is 4.90 Å². The fourth-order valence-corrected chi connectivity index (χ4v) is 2.04. The lowest BCUT2D eigenvalue weighted by molar-refractivity contribution is 0.0437. The molecule has 0 aliphatic rings. The number of likely N-dealkylation sites (N-methyl/N-ethyl adjacent to an activating group) is 1. The number of nitrogens with two attached hydrogens (primary N) is 1. The van der Waals surface area contributed by atoms with Crippen LogP contribution in [0.2, 0.25) is 0 Å². The number of rotatable bonds is 8. The van der Waals surface area contributed by atoms with E-state index in [0.29, 0.717) is 6.54 Å². The average molecular weight is 250 g/mol. The summed E-state index contributed by atoms with van der Waals surface area (Å²) in [6.45, 7) is 7.29. The van der Waals surface area contributed by atoms with Gasteiger partial charge in [0.25, 0.3) is 0 Å². The van der Waals surface area contributed by atoms with Crippen LogP contribution in [0.15, 0.2) is 24.3 Å². The van der Waals surface area contributed by atoms with E-state index in [1.807, 2.05) is 6.92 Å². The van der Waals surface area contributed by atoms with E-state index in [2.05, 4.69) is 43.1 Å². The highest BCUT2D eigenvalue weighted by Gasteiger charge is 2.09. The quantitative estimate of drug-likeness (QED) is 0.767. The van der Waals surface area contributed by atoms with Crippen LogP contribution in [0.4, 0.5) is 0 Å². The topological polar surface area (TPSA) is 38.5 Å². The summed E-state index contributed by atoms with van der Waals surface area (Å²) in [6.07, 6.45) is 1.23. The zero-order chi connectivity index (χ0) is 13.4. The Morgan fingerprint density at radius 1 is 1.17 bits per heavy atom. The molecule has 1 unspecified atom stereocenters. The molecule has 1 atom stereocenters. The highest BCUT2D eigenvalue weighted by atomic mass is 16.5. The number of nitrogens with zero attached hydrogens (tertiary/aromatic N) is 1. The van der Waals surface area contributed by atoms with Crippen LogP contribution in [-0.4, -0.2) is 37.7 Å². The lowest BCUT2D eigenvalue weighted by atomic mass is 10.1. The molecule has 2 N–H and O–H groups in total. The van der Waals surface area contributed by atoms with Crippen LogP contribution < -0.4 is 5.73 Å². The lowest BCUT2D eigenvalue weighted by Crippen LogP contribution is -2.36. The molecule has 1 aromatic rings. The molecule has 1 rings (SSSR count). The van der Waals surface area contributed by atoms with Gasteiger partial charge in [0.1, 0.15) is 0 Å². The summed E-state index contributed by atoms with van der Waals surface area (Å²) >= 11 is 0. The summed E-state index contributed by atoms with van der Waals surface area (Å²) in [7, 11) is 2.11. The van der Waals surface area contributed by atoms with E-state index in [9.17, 15) is 0 Å². The molecule has 0 heterocycles. The second-order valence-corrected chi connectivity index (χ2v) is 4.68. The molecule has 0 saturated heterocycles. The minimum Gasteiger partial charge on any atom is -0.376 e. The molecule has 1 aromatic carbocycles. The Labute approximate surface area is 111 Å². The molecule has 0 aliphatic heterocycles. The first-order valence-electron chi connectivity index (χ1n) is 6.77. The molecule has 0 bridgehead atoms. The minimum absolute atomic E-state index is 0.134. The molecule has 0 saturated carbocycles. The van der Waals surface area contributed by atoms with Gasteiger partial charge < -0.3 is 10.5 Å². The summed E-state index contributed by atoms with van der Waals surface area (Å²) in [5.41, 5.74) is 8.41. The summed E-state index contributed by atoms with van der Waals surface area (Å²) in [6, 6.07) is 8.80. The summed E-state index contributed by atoms with van der Waals surface area (Å²) in [4.78, 5) is 2.26. The Morgan fingerprint density at radius 2 is 1.78 bits per heavy atom. The molecule has 0 radical (unpaired) electrons. The minimum atomic E-state index is 0.134. The van der Waals surface area contributed by atoms with Gasteiger partial charge in [-0.05, 0) is 31.5 Å². The van der Waals surface area contributed by atoms with Crippen LogP contribution in [0, 0.1) is 0 Å². The van der Waals surface area contributed by atoms with Crippen LogP contribution in [0.25, 0.3) is 0 Å². The SMILES string of the molecule is CCOC(CN)CN(C)Cc1ccc(CC)cc1. The van der Waals surface area contributed by atoms with E-state index in [1.165, 1.54) is 11.1 Å². The third-order valence-corrected chi connectivity index (χ3v) is 3.06. The smallest absolute Gasteiger partial charge is 0.0823 e. The van der Waals surface area contributed by atoms with Crippen LogP contribution in [0.3, 0.4) is 0 Å². The van der Waals surface area contributed by atoms with E-state index in [-0.39, 0.29) is 6.10 Å². The van der Waals surface area contributed by atoms with Crippen molar-refractivity contribution in [1.82, 2.24) is 4.90 Å². The fraction of sp³-hybridized carbons (Fsp3) is 0.600. The van der Waals surface area contributed by atoms with Crippen molar-refractivity contribution in [3.8, 4) is 0 Å². The molecule has 0 spiro atoms. The first-order valence-corrected chi connectivity index (χ1v) is 6.77. The molecular weight excluding hydrogens is 224 g/mol. The average Bonchev–Trinajstić information content (AvgIpc) is 2.39. The van der Waals surface area contributed by atoms with Crippen LogP contribution in [-0.2, 0) is 17.7 Å². The third-order valence-electron chi connectivity index (χ3n) is 3.06. The van der Waals surface area contributed by atoms with Crippen molar-refractivity contribution < 1.29 is 4.74 Å². The predicted molar refractivity (Wildman–Crippen MR) is 76.6 cm³/mol. The van der Waals surface area contributed by atoms with Crippen molar-refractivity contribution in [2.24, 2.45) is 5.73 Å². The van der Waals surface area contributed by atoms with E-state index >= 15 is 0 Å². The van der Waals surface area contributed by atoms with Gasteiger partial charge in [-0.25, -0.2) is 0 Å². The van der Waals surface area contributed by atoms with Crippen molar-refractivity contribution >= 4 is 0 Å². The molecule has 102 valence electrons. The van der Waals surface area contributed by atoms with Crippen LogP contribution in [0.1, 0.15) is 25.0 Å². The molecular formula is C15H26N2O. The second kappa shape index (κ2) is 8.25. The van der Waals surface area contributed by atoms with Gasteiger partial charge >= 0.3 is 0 Å². The molecule has 0 aromatic heterocycles. The predicted octanol–water partition coefficient (Wildman–Crippen LogP) is 2.04. The van der Waals surface area contributed by atoms with Gasteiger partial charge in [0.2, 0.25) is 0 Å². The van der Waals surface area contributed by atoms with Crippen molar-refractivity contribution in [2.45, 2.75) is 32.9 Å². The molecule has 3 heteroatoms. The first kappa shape index (κ1) is 15.2. The monoisotopic (exact) mass is 250 g/mol. The highest BCUT2D eigenvalue weighted by Crippen LogP contribution is 2.08. The zero-order valence-corrected chi connectivity index (χ0v) is 11.9. The van der Waals surface area contributed by atoms with Gasteiger partial charge in [-0.2, -0.15) is 0 Å². The molecule has 0 amide bonds. The maximum absolute atomic E-state index is 5.69. The maximum atomic E-state index is 5.69. The summed E-state index contributed by atoms with van der Waals surface area (Å²) in [5, 5.41) is 0. The molecule has 3 nitrogen and oxygen atoms in total. The van der Waals surface area contributed by atoms with Gasteiger partial charge in [0.05, 0.1) is 6.10 Å². The van der Waals surface area contributed by atoms with Gasteiger partial charge in [-0.15, -0.1) is 0 Å². The lowest BCUT2D eigenvalue weighted by Gasteiger charge is -2.23. The normalized spacial score (nSPS) is 12.9. The molecule has 18 heavy (non-hydrogen) atoms.